The number of rotatable bonds is 5. The van der Waals surface area contributed by atoms with Gasteiger partial charge in [0.2, 0.25) is 0 Å². The molecule has 0 atom stereocenters. The van der Waals surface area contributed by atoms with Gasteiger partial charge in [-0.25, -0.2) is 0 Å². The van der Waals surface area contributed by atoms with E-state index in [-0.39, 0.29) is 13.2 Å². The van der Waals surface area contributed by atoms with Crippen molar-refractivity contribution in [2.24, 2.45) is 10.6 Å². The molecule has 0 aromatic heterocycles. The molecule has 86 valence electrons. The first-order chi connectivity index (χ1) is 7.56. The molecular formula is C12H15NO3. The highest BCUT2D eigenvalue weighted by atomic mass is 16.5. The molecule has 0 spiro atoms. The van der Waals surface area contributed by atoms with E-state index in [1.165, 1.54) is 0 Å². The standard InChI is InChI=1S/C12H15NO3/c1-12(2,9-13-15)11(14)16-8-10-6-4-3-5-7-10/h3-7H,8-9H2,1-2H3. The van der Waals surface area contributed by atoms with Crippen LogP contribution in [0.1, 0.15) is 19.4 Å². The molecule has 0 saturated carbocycles. The van der Waals surface area contributed by atoms with E-state index < -0.39 is 11.4 Å². The number of carbonyl (C=O) groups excluding carboxylic acids is 1. The topological polar surface area (TPSA) is 55.7 Å². The van der Waals surface area contributed by atoms with E-state index >= 15 is 0 Å². The summed E-state index contributed by atoms with van der Waals surface area (Å²) in [5, 5.41) is 2.73. The van der Waals surface area contributed by atoms with Crippen molar-refractivity contribution < 1.29 is 9.53 Å². The number of hydrogen-bond acceptors (Lipinski definition) is 4. The predicted molar refractivity (Wildman–Crippen MR) is 60.7 cm³/mol. The summed E-state index contributed by atoms with van der Waals surface area (Å²) >= 11 is 0. The molecule has 0 aliphatic rings. The van der Waals surface area contributed by atoms with Gasteiger partial charge in [0.25, 0.3) is 0 Å². The Hall–Kier alpha value is -1.71. The Kier molecular flexibility index (Phi) is 4.17. The third kappa shape index (κ3) is 3.46. The van der Waals surface area contributed by atoms with Crippen LogP contribution in [0.4, 0.5) is 0 Å². The molecule has 4 heteroatoms. The number of carbonyl (C=O) groups is 1. The molecule has 0 saturated heterocycles. The third-order valence-corrected chi connectivity index (χ3v) is 2.23. The maximum absolute atomic E-state index is 11.6. The van der Waals surface area contributed by atoms with Crippen LogP contribution in [0.15, 0.2) is 35.5 Å². The Balaban J connectivity index is 2.50. The highest BCUT2D eigenvalue weighted by molar-refractivity contribution is 5.76. The Morgan fingerprint density at radius 3 is 2.50 bits per heavy atom. The zero-order valence-corrected chi connectivity index (χ0v) is 9.47. The monoisotopic (exact) mass is 221 g/mol. The average molecular weight is 221 g/mol. The third-order valence-electron chi connectivity index (χ3n) is 2.23. The lowest BCUT2D eigenvalue weighted by molar-refractivity contribution is -0.154. The number of ether oxygens (including phenoxy) is 1. The fourth-order valence-corrected chi connectivity index (χ4v) is 1.14. The second-order valence-corrected chi connectivity index (χ2v) is 4.23. The minimum Gasteiger partial charge on any atom is -0.460 e. The lowest BCUT2D eigenvalue weighted by atomic mass is 9.94. The maximum Gasteiger partial charge on any atom is 0.313 e. The second kappa shape index (κ2) is 5.39. The van der Waals surface area contributed by atoms with Crippen LogP contribution in [0.25, 0.3) is 0 Å². The molecule has 4 nitrogen and oxygen atoms in total. The molecule has 0 heterocycles. The summed E-state index contributed by atoms with van der Waals surface area (Å²) in [4.78, 5) is 21.7. The van der Waals surface area contributed by atoms with Crippen molar-refractivity contribution in [3.05, 3.63) is 40.8 Å². The quantitative estimate of drug-likeness (QED) is 0.567. The van der Waals surface area contributed by atoms with E-state index in [9.17, 15) is 9.70 Å². The molecule has 0 radical (unpaired) electrons. The van der Waals surface area contributed by atoms with Crippen molar-refractivity contribution in [2.45, 2.75) is 20.5 Å². The molecule has 0 aliphatic heterocycles. The number of esters is 1. The van der Waals surface area contributed by atoms with E-state index in [1.54, 1.807) is 13.8 Å². The normalized spacial score (nSPS) is 10.9. The van der Waals surface area contributed by atoms with Crippen molar-refractivity contribution >= 4 is 5.97 Å². The Bertz CT molecular complexity index is 360. The summed E-state index contributed by atoms with van der Waals surface area (Å²) in [7, 11) is 0. The van der Waals surface area contributed by atoms with Gasteiger partial charge in [0, 0.05) is 0 Å². The van der Waals surface area contributed by atoms with Gasteiger partial charge in [-0.2, -0.15) is 4.91 Å². The number of nitrogens with zero attached hydrogens (tertiary/aromatic N) is 1. The Labute approximate surface area is 94.6 Å². The zero-order chi connectivity index (χ0) is 12.0. The zero-order valence-electron chi connectivity index (χ0n) is 9.47. The summed E-state index contributed by atoms with van der Waals surface area (Å²) in [5.41, 5.74) is 0.0713. The maximum atomic E-state index is 11.6. The summed E-state index contributed by atoms with van der Waals surface area (Å²) in [6.45, 7) is 3.44. The first-order valence-corrected chi connectivity index (χ1v) is 5.06. The molecule has 1 aromatic carbocycles. The smallest absolute Gasteiger partial charge is 0.313 e. The fourth-order valence-electron chi connectivity index (χ4n) is 1.14. The summed E-state index contributed by atoms with van der Waals surface area (Å²) in [6, 6.07) is 9.39. The molecule has 16 heavy (non-hydrogen) atoms. The van der Waals surface area contributed by atoms with Gasteiger partial charge >= 0.3 is 5.97 Å². The van der Waals surface area contributed by atoms with Crippen LogP contribution >= 0.6 is 0 Å². The van der Waals surface area contributed by atoms with Gasteiger partial charge in [0.1, 0.15) is 6.61 Å². The minimum atomic E-state index is -0.851. The van der Waals surface area contributed by atoms with Crippen LogP contribution in [0.3, 0.4) is 0 Å². The number of benzene rings is 1. The second-order valence-electron chi connectivity index (χ2n) is 4.23. The van der Waals surface area contributed by atoms with E-state index in [1.807, 2.05) is 30.3 Å². The van der Waals surface area contributed by atoms with Crippen LogP contribution in [0.2, 0.25) is 0 Å². The van der Waals surface area contributed by atoms with Crippen molar-refractivity contribution in [1.29, 1.82) is 0 Å². The van der Waals surface area contributed by atoms with Gasteiger partial charge in [0.15, 0.2) is 0 Å². The number of nitroso groups, excluding NO2 is 1. The summed E-state index contributed by atoms with van der Waals surface area (Å²) in [6.07, 6.45) is 0. The molecule has 0 aliphatic carbocycles. The summed E-state index contributed by atoms with van der Waals surface area (Å²) < 4.78 is 5.11. The molecule has 1 rings (SSSR count). The van der Waals surface area contributed by atoms with E-state index in [2.05, 4.69) is 5.18 Å². The molecular weight excluding hydrogens is 206 g/mol. The van der Waals surface area contributed by atoms with Gasteiger partial charge in [-0.3, -0.25) is 4.79 Å². The van der Waals surface area contributed by atoms with Crippen molar-refractivity contribution in [1.82, 2.24) is 0 Å². The van der Waals surface area contributed by atoms with Gasteiger partial charge in [-0.15, -0.1) is 0 Å². The lowest BCUT2D eigenvalue weighted by Crippen LogP contribution is -2.29. The van der Waals surface area contributed by atoms with Crippen LogP contribution in [0, 0.1) is 10.3 Å². The van der Waals surface area contributed by atoms with Crippen molar-refractivity contribution in [3.63, 3.8) is 0 Å². The van der Waals surface area contributed by atoms with Crippen LogP contribution < -0.4 is 0 Å². The summed E-state index contributed by atoms with van der Waals surface area (Å²) in [5.74, 6) is -0.407. The minimum absolute atomic E-state index is 0.0688. The van der Waals surface area contributed by atoms with Gasteiger partial charge in [-0.1, -0.05) is 35.5 Å². The highest BCUT2D eigenvalue weighted by Crippen LogP contribution is 2.18. The molecule has 0 N–H and O–H groups in total. The fraction of sp³-hybridized carbons (Fsp3) is 0.417. The molecule has 0 unspecified atom stereocenters. The van der Waals surface area contributed by atoms with Gasteiger partial charge in [0.05, 0.1) is 12.0 Å². The molecule has 0 amide bonds. The largest absolute Gasteiger partial charge is 0.460 e. The van der Waals surface area contributed by atoms with E-state index in [4.69, 9.17) is 4.74 Å². The molecule has 1 aromatic rings. The van der Waals surface area contributed by atoms with Crippen LogP contribution in [-0.4, -0.2) is 12.5 Å². The first-order valence-electron chi connectivity index (χ1n) is 5.06. The van der Waals surface area contributed by atoms with Crippen LogP contribution in [-0.2, 0) is 16.1 Å². The van der Waals surface area contributed by atoms with E-state index in [0.717, 1.165) is 5.56 Å². The predicted octanol–water partition coefficient (Wildman–Crippen LogP) is 2.52. The lowest BCUT2D eigenvalue weighted by Gasteiger charge is -2.18. The highest BCUT2D eigenvalue weighted by Gasteiger charge is 2.29. The Morgan fingerprint density at radius 1 is 1.31 bits per heavy atom. The van der Waals surface area contributed by atoms with E-state index in [0.29, 0.717) is 0 Å². The first kappa shape index (κ1) is 12.4. The molecule has 0 fully saturated rings. The Morgan fingerprint density at radius 2 is 1.94 bits per heavy atom. The average Bonchev–Trinajstić information content (AvgIpc) is 2.27. The SMILES string of the molecule is CC(C)(CN=O)C(=O)OCc1ccccc1. The van der Waals surface area contributed by atoms with Gasteiger partial charge in [-0.05, 0) is 19.4 Å². The van der Waals surface area contributed by atoms with Gasteiger partial charge < -0.3 is 4.74 Å². The van der Waals surface area contributed by atoms with Crippen LogP contribution in [0.5, 0.6) is 0 Å². The molecule has 0 bridgehead atoms. The number of hydrogen-bond donors (Lipinski definition) is 0. The van der Waals surface area contributed by atoms with Crippen molar-refractivity contribution in [2.75, 3.05) is 6.54 Å². The van der Waals surface area contributed by atoms with Crippen molar-refractivity contribution in [3.8, 4) is 0 Å².